The Bertz CT molecular complexity index is 1110. The minimum Gasteiger partial charge on any atom is -0.491 e. The second kappa shape index (κ2) is 11.5. The molecule has 10 heteroatoms. The van der Waals surface area contributed by atoms with Crippen molar-refractivity contribution in [3.8, 4) is 5.75 Å². The zero-order valence-corrected chi connectivity index (χ0v) is 18.9. The highest BCUT2D eigenvalue weighted by atomic mass is 79.9. The van der Waals surface area contributed by atoms with E-state index in [1.165, 1.54) is 0 Å². The fourth-order valence-electron chi connectivity index (χ4n) is 2.65. The lowest BCUT2D eigenvalue weighted by molar-refractivity contribution is -0.159. The lowest BCUT2D eigenvalue weighted by atomic mass is 10.2. The van der Waals surface area contributed by atoms with Crippen LogP contribution in [0.25, 0.3) is 10.9 Å². The molecule has 0 radical (unpaired) electrons. The number of halogens is 2. The molecule has 3 aromatic rings. The maximum atomic E-state index is 12.4. The summed E-state index contributed by atoms with van der Waals surface area (Å²) in [5.41, 5.74) is 1.80. The molecular weight excluding hydrogens is 492 g/mol. The average Bonchev–Trinajstić information content (AvgIpc) is 2.71. The summed E-state index contributed by atoms with van der Waals surface area (Å²) in [4.78, 5) is 34.9. The van der Waals surface area contributed by atoms with Crippen LogP contribution in [0.3, 0.4) is 0 Å². The summed E-state index contributed by atoms with van der Waals surface area (Å²) >= 11 is 9.68. The molecule has 0 saturated heterocycles. The van der Waals surface area contributed by atoms with E-state index >= 15 is 0 Å². The first kappa shape index (κ1) is 24.4. The van der Waals surface area contributed by atoms with Crippen LogP contribution in [-0.2, 0) is 16.1 Å². The molecule has 3 rings (SSSR count). The van der Waals surface area contributed by atoms with Crippen molar-refractivity contribution in [1.29, 1.82) is 0 Å². The van der Waals surface area contributed by atoms with Gasteiger partial charge < -0.3 is 14.9 Å². The number of aryl methyl sites for hydroxylation is 2. The van der Waals surface area contributed by atoms with Crippen LogP contribution in [0.5, 0.6) is 5.75 Å². The molecule has 0 fully saturated rings. The minimum absolute atomic E-state index is 0.00385. The van der Waals surface area contributed by atoms with Crippen LogP contribution in [0.15, 0.2) is 52.0 Å². The minimum atomic E-state index is -1.82. The number of nitrogens with zero attached hydrogens (tertiary/aromatic N) is 2. The molecule has 164 valence electrons. The molecular formula is C21H20BrClN2O6. The van der Waals surface area contributed by atoms with Crippen LogP contribution in [0.4, 0.5) is 0 Å². The summed E-state index contributed by atoms with van der Waals surface area (Å²) in [6, 6.07) is 11.2. The predicted octanol–water partition coefficient (Wildman–Crippen LogP) is 4.14. The Morgan fingerprint density at radius 3 is 2.48 bits per heavy atom. The summed E-state index contributed by atoms with van der Waals surface area (Å²) < 4.78 is 8.28. The molecule has 8 nitrogen and oxygen atoms in total. The molecule has 0 amide bonds. The molecule has 0 bridgehead atoms. The number of aromatic nitrogens is 2. The van der Waals surface area contributed by atoms with Gasteiger partial charge in [-0.15, -0.1) is 0 Å². The van der Waals surface area contributed by atoms with Crippen LogP contribution in [-0.4, -0.2) is 38.3 Å². The zero-order valence-electron chi connectivity index (χ0n) is 16.5. The molecule has 0 aliphatic carbocycles. The monoisotopic (exact) mass is 510 g/mol. The van der Waals surface area contributed by atoms with Gasteiger partial charge in [0.1, 0.15) is 0 Å². The summed E-state index contributed by atoms with van der Waals surface area (Å²) in [5.74, 6) is -2.98. The van der Waals surface area contributed by atoms with Crippen molar-refractivity contribution >= 4 is 50.4 Å². The average molecular weight is 512 g/mol. The van der Waals surface area contributed by atoms with Crippen molar-refractivity contribution in [2.45, 2.75) is 26.3 Å². The van der Waals surface area contributed by atoms with E-state index in [1.807, 2.05) is 37.3 Å². The van der Waals surface area contributed by atoms with Crippen molar-refractivity contribution in [3.05, 3.63) is 68.1 Å². The smallest absolute Gasteiger partial charge is 0.414 e. The normalized spacial score (nSPS) is 10.3. The second-order valence-corrected chi connectivity index (χ2v) is 7.75. The number of carboxylic acid groups (broad SMARTS) is 2. The van der Waals surface area contributed by atoms with E-state index < -0.39 is 11.9 Å². The van der Waals surface area contributed by atoms with Crippen molar-refractivity contribution < 1.29 is 24.5 Å². The van der Waals surface area contributed by atoms with E-state index in [4.69, 9.17) is 36.1 Å². The fraction of sp³-hybridized carbons (Fsp3) is 0.238. The Labute approximate surface area is 191 Å². The van der Waals surface area contributed by atoms with Gasteiger partial charge in [-0.1, -0.05) is 23.7 Å². The Balaban J connectivity index is 0.000000501. The Morgan fingerprint density at radius 2 is 1.84 bits per heavy atom. The van der Waals surface area contributed by atoms with Gasteiger partial charge in [-0.25, -0.2) is 14.6 Å². The number of ether oxygens (including phenoxy) is 1. The molecule has 1 heterocycles. The summed E-state index contributed by atoms with van der Waals surface area (Å²) in [6.45, 7) is 3.13. The van der Waals surface area contributed by atoms with Gasteiger partial charge in [-0.3, -0.25) is 9.36 Å². The highest BCUT2D eigenvalue weighted by molar-refractivity contribution is 9.10. The van der Waals surface area contributed by atoms with Gasteiger partial charge in [-0.05, 0) is 65.5 Å². The SMILES string of the molecule is Cc1cc(Cl)c(OCCCCn2cnc3ccccc3c2=O)c(Br)c1.O=C(O)C(=O)O. The largest absolute Gasteiger partial charge is 0.491 e. The number of hydrogen-bond donors (Lipinski definition) is 2. The van der Waals surface area contributed by atoms with E-state index in [2.05, 4.69) is 20.9 Å². The number of para-hydroxylation sites is 1. The van der Waals surface area contributed by atoms with Crippen molar-refractivity contribution in [2.75, 3.05) is 6.61 Å². The third-order valence-corrected chi connectivity index (χ3v) is 4.97. The number of benzene rings is 2. The van der Waals surface area contributed by atoms with E-state index in [9.17, 15) is 4.79 Å². The van der Waals surface area contributed by atoms with Crippen molar-refractivity contribution in [3.63, 3.8) is 0 Å². The molecule has 0 aliphatic rings. The molecule has 0 unspecified atom stereocenters. The number of carbonyl (C=O) groups is 2. The standard InChI is InChI=1S/C19H18BrClN2O2.C2H2O4/c1-13-10-15(20)18(16(21)11-13)25-9-5-4-8-23-12-22-17-7-3-2-6-14(17)19(23)24;3-1(4)2(5)6/h2-3,6-7,10-12H,4-5,8-9H2,1H3;(H,3,4)(H,5,6). The number of rotatable bonds is 6. The molecule has 31 heavy (non-hydrogen) atoms. The van der Waals surface area contributed by atoms with Crippen LogP contribution >= 0.6 is 27.5 Å². The maximum absolute atomic E-state index is 12.4. The van der Waals surface area contributed by atoms with Gasteiger partial charge in [-0.2, -0.15) is 0 Å². The van der Waals surface area contributed by atoms with Gasteiger partial charge in [0.2, 0.25) is 0 Å². The first-order chi connectivity index (χ1) is 14.7. The quantitative estimate of drug-likeness (QED) is 0.377. The third kappa shape index (κ3) is 7.08. The highest BCUT2D eigenvalue weighted by Crippen LogP contribution is 2.34. The van der Waals surface area contributed by atoms with Crippen LogP contribution < -0.4 is 10.3 Å². The van der Waals surface area contributed by atoms with Crippen molar-refractivity contribution in [1.82, 2.24) is 9.55 Å². The Kier molecular flexibility index (Phi) is 9.02. The maximum Gasteiger partial charge on any atom is 0.414 e. The Hall–Kier alpha value is -2.91. The van der Waals surface area contributed by atoms with Gasteiger partial charge in [0.15, 0.2) is 5.75 Å². The molecule has 2 N–H and O–H groups in total. The molecule has 1 aromatic heterocycles. The van der Waals surface area contributed by atoms with E-state index in [1.54, 1.807) is 17.0 Å². The van der Waals surface area contributed by atoms with E-state index in [0.29, 0.717) is 29.3 Å². The zero-order chi connectivity index (χ0) is 23.0. The second-order valence-electron chi connectivity index (χ2n) is 6.48. The van der Waals surface area contributed by atoms with Gasteiger partial charge in [0.25, 0.3) is 5.56 Å². The van der Waals surface area contributed by atoms with Crippen LogP contribution in [0, 0.1) is 6.92 Å². The van der Waals surface area contributed by atoms with Gasteiger partial charge >= 0.3 is 11.9 Å². The number of carboxylic acids is 2. The fourth-order valence-corrected chi connectivity index (χ4v) is 3.78. The first-order valence-electron chi connectivity index (χ1n) is 9.19. The topological polar surface area (TPSA) is 119 Å². The molecule has 0 atom stereocenters. The first-order valence-corrected chi connectivity index (χ1v) is 10.4. The van der Waals surface area contributed by atoms with Gasteiger partial charge in [0, 0.05) is 6.54 Å². The Morgan fingerprint density at radius 1 is 1.16 bits per heavy atom. The highest BCUT2D eigenvalue weighted by Gasteiger charge is 2.08. The summed E-state index contributed by atoms with van der Waals surface area (Å²) in [5, 5.41) is 16.0. The molecule has 2 aromatic carbocycles. The predicted molar refractivity (Wildman–Crippen MR) is 120 cm³/mol. The third-order valence-electron chi connectivity index (χ3n) is 4.10. The van der Waals surface area contributed by atoms with Crippen LogP contribution in [0.2, 0.25) is 5.02 Å². The van der Waals surface area contributed by atoms with Gasteiger partial charge in [0.05, 0.1) is 33.3 Å². The molecule has 0 aliphatic heterocycles. The number of hydrogen-bond acceptors (Lipinski definition) is 5. The summed E-state index contributed by atoms with van der Waals surface area (Å²) in [6.07, 6.45) is 3.25. The summed E-state index contributed by atoms with van der Waals surface area (Å²) in [7, 11) is 0. The van der Waals surface area contributed by atoms with E-state index in [-0.39, 0.29) is 5.56 Å². The number of aliphatic carboxylic acids is 2. The van der Waals surface area contributed by atoms with Crippen molar-refractivity contribution in [2.24, 2.45) is 0 Å². The van der Waals surface area contributed by atoms with E-state index in [0.717, 1.165) is 28.4 Å². The molecule has 0 saturated carbocycles. The lowest BCUT2D eigenvalue weighted by Gasteiger charge is -2.11. The lowest BCUT2D eigenvalue weighted by Crippen LogP contribution is -2.20. The number of fused-ring (bicyclic) bond motifs is 1. The number of unbranched alkanes of at least 4 members (excludes halogenated alkanes) is 1. The molecule has 0 spiro atoms. The van der Waals surface area contributed by atoms with Crippen LogP contribution in [0.1, 0.15) is 18.4 Å².